The van der Waals surface area contributed by atoms with Crippen LogP contribution in [0.4, 0.5) is 0 Å². The summed E-state index contributed by atoms with van der Waals surface area (Å²) in [5.74, 6) is -0.653. The van der Waals surface area contributed by atoms with Crippen molar-refractivity contribution >= 4 is 23.9 Å². The molecular weight excluding hydrogens is 372 g/mol. The number of esters is 1. The molecule has 7 heteroatoms. The molecule has 0 spiro atoms. The summed E-state index contributed by atoms with van der Waals surface area (Å²) in [7, 11) is 1.58. The molecule has 158 valence electrons. The van der Waals surface area contributed by atoms with Gasteiger partial charge in [0, 0.05) is 12.1 Å². The highest BCUT2D eigenvalue weighted by Gasteiger charge is 2.25. The molecule has 1 saturated carbocycles. The summed E-state index contributed by atoms with van der Waals surface area (Å²) in [6, 6.07) is 6.49. The first-order valence-corrected chi connectivity index (χ1v) is 10.0. The first-order chi connectivity index (χ1) is 13.9. The van der Waals surface area contributed by atoms with Crippen LogP contribution in [-0.4, -0.2) is 43.1 Å². The largest absolute Gasteiger partial charge is 0.497 e. The lowest BCUT2D eigenvalue weighted by molar-refractivity contribution is -0.157. The Kier molecular flexibility index (Phi) is 8.70. The highest BCUT2D eigenvalue weighted by Crippen LogP contribution is 2.17. The van der Waals surface area contributed by atoms with Crippen molar-refractivity contribution in [3.63, 3.8) is 0 Å². The van der Waals surface area contributed by atoms with Gasteiger partial charge in [0.25, 0.3) is 5.91 Å². The van der Waals surface area contributed by atoms with Crippen molar-refractivity contribution in [2.24, 2.45) is 0 Å². The molecule has 0 heterocycles. The molecule has 1 aliphatic carbocycles. The molecule has 0 bridgehead atoms. The Hall–Kier alpha value is -2.83. The van der Waals surface area contributed by atoms with Gasteiger partial charge in [0.2, 0.25) is 5.91 Å². The predicted molar refractivity (Wildman–Crippen MR) is 110 cm³/mol. The monoisotopic (exact) mass is 402 g/mol. The molecule has 2 atom stereocenters. The highest BCUT2D eigenvalue weighted by molar-refractivity contribution is 5.95. The molecule has 7 nitrogen and oxygen atoms in total. The number of ether oxygens (including phenoxy) is 2. The Labute approximate surface area is 171 Å². The Bertz CT molecular complexity index is 723. The summed E-state index contributed by atoms with van der Waals surface area (Å²) < 4.78 is 10.3. The minimum absolute atomic E-state index is 0.151. The molecule has 2 amide bonds. The number of rotatable bonds is 8. The Morgan fingerprint density at radius 2 is 1.72 bits per heavy atom. The molecule has 1 aromatic rings. The van der Waals surface area contributed by atoms with E-state index in [2.05, 4.69) is 10.6 Å². The quantitative estimate of drug-likeness (QED) is 0.515. The number of carbonyl (C=O) groups is 3. The van der Waals surface area contributed by atoms with Gasteiger partial charge in [-0.15, -0.1) is 0 Å². The predicted octanol–water partition coefficient (Wildman–Crippen LogP) is 2.59. The minimum atomic E-state index is -0.904. The maximum atomic E-state index is 12.2. The fourth-order valence-electron chi connectivity index (χ4n) is 3.10. The zero-order valence-corrected chi connectivity index (χ0v) is 17.3. The Morgan fingerprint density at radius 3 is 2.34 bits per heavy atom. The van der Waals surface area contributed by atoms with Gasteiger partial charge in [-0.3, -0.25) is 9.59 Å². The van der Waals surface area contributed by atoms with Crippen molar-refractivity contribution in [2.45, 2.75) is 64.1 Å². The van der Waals surface area contributed by atoms with E-state index in [1.807, 2.05) is 12.1 Å². The smallest absolute Gasteiger partial charge is 0.329 e. The van der Waals surface area contributed by atoms with Gasteiger partial charge in [-0.2, -0.15) is 0 Å². The zero-order chi connectivity index (χ0) is 21.2. The molecule has 1 fully saturated rings. The summed E-state index contributed by atoms with van der Waals surface area (Å²) in [6.45, 7) is 3.06. The van der Waals surface area contributed by atoms with Crippen LogP contribution in [0.3, 0.4) is 0 Å². The highest BCUT2D eigenvalue weighted by atomic mass is 16.5. The topological polar surface area (TPSA) is 93.7 Å². The number of methoxy groups -OCH3 is 1. The van der Waals surface area contributed by atoms with E-state index in [4.69, 9.17) is 9.47 Å². The van der Waals surface area contributed by atoms with Crippen molar-refractivity contribution in [3.8, 4) is 5.75 Å². The second-order valence-corrected chi connectivity index (χ2v) is 7.26. The lowest BCUT2D eigenvalue weighted by Crippen LogP contribution is -2.45. The van der Waals surface area contributed by atoms with Crippen LogP contribution < -0.4 is 15.4 Å². The van der Waals surface area contributed by atoms with Crippen molar-refractivity contribution in [3.05, 3.63) is 35.9 Å². The van der Waals surface area contributed by atoms with E-state index >= 15 is 0 Å². The average molecular weight is 402 g/mol. The van der Waals surface area contributed by atoms with Gasteiger partial charge in [-0.1, -0.05) is 31.4 Å². The molecular formula is C22H30N2O5. The van der Waals surface area contributed by atoms with Gasteiger partial charge in [0.15, 0.2) is 6.10 Å². The third-order valence-electron chi connectivity index (χ3n) is 4.87. The van der Waals surface area contributed by atoms with E-state index in [0.717, 1.165) is 37.0 Å². The van der Waals surface area contributed by atoms with Crippen LogP contribution in [0.5, 0.6) is 5.75 Å². The van der Waals surface area contributed by atoms with Crippen molar-refractivity contribution in [2.75, 3.05) is 7.11 Å². The van der Waals surface area contributed by atoms with E-state index in [9.17, 15) is 14.4 Å². The molecule has 29 heavy (non-hydrogen) atoms. The first-order valence-electron chi connectivity index (χ1n) is 10.0. The van der Waals surface area contributed by atoms with E-state index in [1.165, 1.54) is 26.3 Å². The van der Waals surface area contributed by atoms with Crippen LogP contribution in [-0.2, 0) is 19.1 Å². The van der Waals surface area contributed by atoms with Crippen molar-refractivity contribution in [1.29, 1.82) is 0 Å². The van der Waals surface area contributed by atoms with Crippen LogP contribution in [0, 0.1) is 0 Å². The van der Waals surface area contributed by atoms with Gasteiger partial charge in [0.1, 0.15) is 11.8 Å². The molecule has 0 unspecified atom stereocenters. The van der Waals surface area contributed by atoms with Gasteiger partial charge in [0.05, 0.1) is 7.11 Å². The normalized spacial score (nSPS) is 16.7. The molecule has 0 aromatic heterocycles. The standard InChI is InChI=1S/C22H30N2O5/c1-15(23-20(25)14-11-17-9-12-19(28-3)13-10-17)22(27)29-16(2)21(26)24-18-7-5-4-6-8-18/h9-16,18H,4-8H2,1-3H3,(H,23,25)(H,24,26)/b14-11+/t15-,16-/m0/s1. The molecule has 2 N–H and O–H groups in total. The van der Waals surface area contributed by atoms with Gasteiger partial charge in [-0.25, -0.2) is 4.79 Å². The average Bonchev–Trinajstić information content (AvgIpc) is 2.73. The summed E-state index contributed by atoms with van der Waals surface area (Å²) in [5, 5.41) is 5.47. The third-order valence-corrected chi connectivity index (χ3v) is 4.87. The van der Waals surface area contributed by atoms with E-state index in [1.54, 1.807) is 25.3 Å². The molecule has 2 rings (SSSR count). The van der Waals surface area contributed by atoms with Crippen LogP contribution in [0.25, 0.3) is 6.08 Å². The van der Waals surface area contributed by atoms with E-state index in [0.29, 0.717) is 0 Å². The number of benzene rings is 1. The van der Waals surface area contributed by atoms with E-state index < -0.39 is 24.0 Å². The summed E-state index contributed by atoms with van der Waals surface area (Å²) >= 11 is 0. The maximum Gasteiger partial charge on any atom is 0.329 e. The fraction of sp³-hybridized carbons (Fsp3) is 0.500. The fourth-order valence-corrected chi connectivity index (χ4v) is 3.10. The number of hydrogen-bond acceptors (Lipinski definition) is 5. The van der Waals surface area contributed by atoms with Gasteiger partial charge >= 0.3 is 5.97 Å². The van der Waals surface area contributed by atoms with Crippen LogP contribution in [0.1, 0.15) is 51.5 Å². The summed E-state index contributed by atoms with van der Waals surface area (Å²) in [4.78, 5) is 36.4. The molecule has 0 saturated heterocycles. The Morgan fingerprint density at radius 1 is 1.07 bits per heavy atom. The number of carbonyl (C=O) groups excluding carboxylic acids is 3. The zero-order valence-electron chi connectivity index (χ0n) is 17.3. The second kappa shape index (κ2) is 11.2. The lowest BCUT2D eigenvalue weighted by Gasteiger charge is -2.24. The maximum absolute atomic E-state index is 12.2. The Balaban J connectivity index is 1.76. The van der Waals surface area contributed by atoms with Crippen LogP contribution >= 0.6 is 0 Å². The van der Waals surface area contributed by atoms with Crippen molar-refractivity contribution < 1.29 is 23.9 Å². The lowest BCUT2D eigenvalue weighted by atomic mass is 9.95. The SMILES string of the molecule is COc1ccc(/C=C/C(=O)N[C@@H](C)C(=O)O[C@@H](C)C(=O)NC2CCCCC2)cc1. The van der Waals surface area contributed by atoms with Gasteiger partial charge in [-0.05, 0) is 50.5 Å². The third kappa shape index (κ3) is 7.60. The van der Waals surface area contributed by atoms with Crippen molar-refractivity contribution in [1.82, 2.24) is 10.6 Å². The van der Waals surface area contributed by atoms with E-state index in [-0.39, 0.29) is 11.9 Å². The molecule has 1 aromatic carbocycles. The second-order valence-electron chi connectivity index (χ2n) is 7.26. The van der Waals surface area contributed by atoms with Crippen LogP contribution in [0.15, 0.2) is 30.3 Å². The van der Waals surface area contributed by atoms with Gasteiger partial charge < -0.3 is 20.1 Å². The molecule has 0 aliphatic heterocycles. The summed E-state index contributed by atoms with van der Waals surface area (Å²) in [5.41, 5.74) is 0.823. The number of nitrogens with one attached hydrogen (secondary N) is 2. The van der Waals surface area contributed by atoms with Crippen LogP contribution in [0.2, 0.25) is 0 Å². The number of hydrogen-bond donors (Lipinski definition) is 2. The molecule has 1 aliphatic rings. The minimum Gasteiger partial charge on any atom is -0.497 e. The summed E-state index contributed by atoms with van der Waals surface area (Å²) in [6.07, 6.45) is 7.38. The first kappa shape index (κ1) is 22.5. The molecule has 0 radical (unpaired) electrons. The number of amides is 2.